The Bertz CT molecular complexity index is 4090. The van der Waals surface area contributed by atoms with E-state index in [1.807, 2.05) is 0 Å². The van der Waals surface area contributed by atoms with Crippen molar-refractivity contribution in [3.63, 3.8) is 0 Å². The Morgan fingerprint density at radius 3 is 0.664 bits per heavy atom. The molecule has 0 N–H and O–H groups in total. The summed E-state index contributed by atoms with van der Waals surface area (Å²) in [5, 5.41) is 0. The number of hydrogen-bond donors (Lipinski definition) is 0. The van der Waals surface area contributed by atoms with Gasteiger partial charge in [-0.25, -0.2) is 0 Å². The molecule has 0 saturated carbocycles. The summed E-state index contributed by atoms with van der Waals surface area (Å²) in [7, 11) is 3.36. The topological polar surface area (TPSA) is 566 Å². The number of hydrogen-bond acceptors (Lipinski definition) is 46. The van der Waals surface area contributed by atoms with Crippen molar-refractivity contribution in [3.05, 3.63) is 71.9 Å². The number of allylic oxidation sites excluding steroid dienone is 8. The highest BCUT2D eigenvalue weighted by Crippen LogP contribution is 2.49. The third-order valence-electron chi connectivity index (χ3n) is 17.5. The van der Waals surface area contributed by atoms with Crippen molar-refractivity contribution in [2.24, 2.45) is 0 Å². The molecule has 4 aliphatic heterocycles. The van der Waals surface area contributed by atoms with E-state index in [1.165, 1.54) is 0 Å². The van der Waals surface area contributed by atoms with Gasteiger partial charge in [0.25, 0.3) is 11.6 Å². The predicted octanol–water partition coefficient (Wildman–Crippen LogP) is 0.389. The van der Waals surface area contributed by atoms with Gasteiger partial charge in [-0.15, -0.1) is 0 Å². The van der Waals surface area contributed by atoms with Gasteiger partial charge in [0.1, 0.15) is 50.8 Å². The average Bonchev–Trinajstić information content (AvgIpc) is 0.729. The fourth-order valence-corrected chi connectivity index (χ4v) is 13.0. The second-order valence-electron chi connectivity index (χ2n) is 26.0. The maximum Gasteiger partial charge on any atom is 0.303 e. The Morgan fingerprint density at radius 2 is 0.472 bits per heavy atom. The second kappa shape index (κ2) is 45.6. The Morgan fingerprint density at radius 1 is 0.280 bits per heavy atom. The summed E-state index contributed by atoms with van der Waals surface area (Å²) in [6.45, 7) is -24.1. The lowest BCUT2D eigenvalue weighted by Gasteiger charge is -2.52. The van der Waals surface area contributed by atoms with Crippen LogP contribution in [0.5, 0.6) is 0 Å². The van der Waals surface area contributed by atoms with Gasteiger partial charge >= 0.3 is 95.5 Å². The molecule has 46 nitrogen and oxygen atoms in total. The van der Waals surface area contributed by atoms with E-state index in [0.717, 1.165) is 89.2 Å². The van der Waals surface area contributed by atoms with Crippen molar-refractivity contribution in [3.8, 4) is 0 Å². The highest BCUT2D eigenvalue weighted by molar-refractivity contribution is 6.08. The van der Waals surface area contributed by atoms with Gasteiger partial charge in [0.05, 0.1) is 6.42 Å². The molecule has 692 valence electrons. The van der Waals surface area contributed by atoms with E-state index in [9.17, 15) is 86.3 Å². The van der Waals surface area contributed by atoms with Crippen LogP contribution in [0.25, 0.3) is 0 Å². The van der Waals surface area contributed by atoms with Gasteiger partial charge in [0.15, 0.2) is 84.8 Å². The zero-order valence-corrected chi connectivity index (χ0v) is 66.9. The van der Waals surface area contributed by atoms with Crippen molar-refractivity contribution >= 4 is 107 Å². The summed E-state index contributed by atoms with van der Waals surface area (Å²) in [4.78, 5) is 240. The van der Waals surface area contributed by atoms with Crippen LogP contribution in [0, 0.1) is 0 Å². The summed E-state index contributed by atoms with van der Waals surface area (Å²) < 4.78 is 288. The molecule has 46 heteroatoms. The fraction of sp³-hybridized carbons (Fsp3) is 0.620. The van der Waals surface area contributed by atoms with Gasteiger partial charge in [-0.05, 0) is 47.6 Å². The summed E-state index contributed by atoms with van der Waals surface area (Å²) in [5.41, 5.74) is -0.591. The Balaban J connectivity index is 1.60. The Kier molecular flexibility index (Phi) is 29.1. The third kappa shape index (κ3) is 27.9. The van der Waals surface area contributed by atoms with E-state index in [1.54, 1.807) is 0 Å². The molecule has 0 amide bonds. The van der Waals surface area contributed by atoms with Gasteiger partial charge in [-0.2, -0.15) is 0 Å². The quantitative estimate of drug-likeness (QED) is 0.0265. The van der Waals surface area contributed by atoms with Crippen LogP contribution in [0.15, 0.2) is 71.9 Å². The highest BCUT2D eigenvalue weighted by atomic mass is 16.9. The lowest BCUT2D eigenvalue weighted by molar-refractivity contribution is -0.452. The monoisotopic (exact) mass is 1800 g/mol. The number of esters is 16. The largest absolute Gasteiger partial charge is 0.463 e. The van der Waals surface area contributed by atoms with E-state index in [2.05, 4.69) is 0 Å². The minimum atomic E-state index is -3.35. The third-order valence-corrected chi connectivity index (χ3v) is 17.5. The van der Waals surface area contributed by atoms with Crippen LogP contribution in [0.2, 0.25) is 0 Å². The van der Waals surface area contributed by atoms with E-state index in [0.29, 0.717) is 0 Å². The maximum atomic E-state index is 14.3. The van der Waals surface area contributed by atoms with Crippen LogP contribution >= 0.6 is 0 Å². The summed E-state index contributed by atoms with van der Waals surface area (Å²) in [5.74, 6) is -38.2. The number of methoxy groups -OCH3 is 4. The maximum absolute atomic E-state index is 14.3. The number of carbonyl (C=O) groups excluding carboxylic acids is 18. The Labute approximate surface area is 736 Å². The standard InChI is InChI=1S/C79H100O46/c1-36(80)102-32-56-60(106-40(5)84)64(110-44(9)88)68(114-48(13)92)72(118-56)122-76(123-73-69(115-49(14)93)65(111-45(10)89)61(107-41(6)85)57(119-73)33-103-37(2)81)27-25-52(30-78(76,98-17)99-18)21-23-54(96)29-55(97)24-22-53-26-28-77(79(31-53,100-19)101-20,124-74-70(116-50(15)94)66(112-46(11)90)62(108-42(7)86)58(120-74)34-104-38(3)82)125-75-71(117-51(16)95)67(113-47(12)91)63(109-43(8)87)59(121-75)35-105-39(4)83/h21-28,30-31,56-75H,29,32-35H2,1-20H3/t56-,57-,58-,59-,60-,61-,62-,63-,64+,65+,66+,67+,68-,69-,70-,71-,72?,73?,74?,75?,76?,77?/m1/s1/i1D,2D,3D,4D,5D,6D,7D,8D,9D,10D,11D,12D,13D,14D,15D,16D. The molecule has 0 bridgehead atoms. The number of ketones is 2. The molecule has 2 aliphatic carbocycles. The fourth-order valence-electron chi connectivity index (χ4n) is 13.0. The molecular formula is C79H100O46. The zero-order chi connectivity index (χ0) is 105. The highest BCUT2D eigenvalue weighted by Gasteiger charge is 2.67. The van der Waals surface area contributed by atoms with Crippen molar-refractivity contribution < 1.29 is 241 Å². The smallest absolute Gasteiger partial charge is 0.303 e. The van der Waals surface area contributed by atoms with Crippen LogP contribution in [0.4, 0.5) is 0 Å². The molecule has 0 radical (unpaired) electrons. The van der Waals surface area contributed by atoms with Crippen molar-refractivity contribution in [1.29, 1.82) is 0 Å². The first kappa shape index (κ1) is 79.7. The summed E-state index contributed by atoms with van der Waals surface area (Å²) in [6.07, 6.45) is -39.7. The van der Waals surface area contributed by atoms with Crippen LogP contribution in [0.1, 0.15) is 139 Å². The molecule has 4 saturated heterocycles. The molecule has 0 aromatic rings. The molecule has 4 unspecified atom stereocenters. The van der Waals surface area contributed by atoms with Gasteiger partial charge in [0, 0.05) is 161 Å². The Hall–Kier alpha value is -11.2. The van der Waals surface area contributed by atoms with Crippen LogP contribution in [-0.4, -0.2) is 308 Å². The summed E-state index contributed by atoms with van der Waals surface area (Å²) >= 11 is 0. The van der Waals surface area contributed by atoms with E-state index >= 15 is 0 Å². The van der Waals surface area contributed by atoms with Crippen molar-refractivity contribution in [2.45, 2.75) is 263 Å². The molecule has 0 spiro atoms. The lowest BCUT2D eigenvalue weighted by atomic mass is 9.92. The molecule has 6 aliphatic rings. The lowest BCUT2D eigenvalue weighted by Crippen LogP contribution is -2.70. The molecular weight excluding hydrogens is 1680 g/mol. The van der Waals surface area contributed by atoms with Crippen molar-refractivity contribution in [2.75, 3.05) is 54.9 Å². The molecule has 6 rings (SSSR count). The average molecular weight is 1800 g/mol. The van der Waals surface area contributed by atoms with Crippen LogP contribution in [0.3, 0.4) is 0 Å². The molecule has 20 atom stereocenters. The number of ether oxygens (including phenoxy) is 28. The summed E-state index contributed by atoms with van der Waals surface area (Å²) in [6, 6.07) is 0. The zero-order valence-electron chi connectivity index (χ0n) is 82.9. The number of rotatable bonds is 38. The molecule has 0 aromatic carbocycles. The van der Waals surface area contributed by atoms with E-state index in [-0.39, 0.29) is 11.1 Å². The second-order valence-corrected chi connectivity index (χ2v) is 26.0. The van der Waals surface area contributed by atoms with Gasteiger partial charge in [0.2, 0.25) is 36.7 Å². The van der Waals surface area contributed by atoms with Gasteiger partial charge in [-0.1, -0.05) is 24.3 Å². The first-order chi connectivity index (χ1) is 67.2. The SMILES string of the molecule is [2H]CC(=O)OC[C@H]1OC(OC2(OC3O[C@H](COC(=O)C[2H])[C@@H](OC(=O)C[2H])[C@H](OC(=O)C[2H])[C@H]3OC(=O)C[2H])C=CC(C=CC(=O)CC(=O)C=CC3=CC(OC)(OC)C(OC4O[C@H](COC(=O)C[2H])[C@@H](OC(=O)C[2H])[C@H](OC(=O)C[2H])[C@H]4OC(=O)C[2H])(OC4O[C@H](COC(=O)C[2H])[C@@H](OC(=O)C[2H])[C@H](OC(=O)C[2H])[C@H]4OC(=O)C[2H])C=C3)=CC2(OC)OC)[C@H](OC(=O)C[2H])[C@@H](OC(=O)C[2H])[C@@H]1OC(=O)C[2H]. The minimum absolute atomic E-state index is 0.296. The van der Waals surface area contributed by atoms with Crippen molar-refractivity contribution in [1.82, 2.24) is 0 Å². The van der Waals surface area contributed by atoms with Gasteiger partial charge < -0.3 is 133 Å². The predicted molar refractivity (Wildman–Crippen MR) is 398 cm³/mol. The van der Waals surface area contributed by atoms with Crippen LogP contribution < -0.4 is 0 Å². The first-order valence-corrected chi connectivity index (χ1v) is 35.6. The normalized spacial score (nSPS) is 31.8. The minimum Gasteiger partial charge on any atom is -0.463 e. The molecule has 125 heavy (non-hydrogen) atoms. The number of carbonyl (C=O) groups is 18. The van der Waals surface area contributed by atoms with E-state index < -0.39 is 396 Å². The molecule has 0 aromatic heterocycles. The van der Waals surface area contributed by atoms with E-state index in [4.69, 9.17) is 155 Å². The van der Waals surface area contributed by atoms with Gasteiger partial charge in [-0.3, -0.25) is 86.3 Å². The van der Waals surface area contributed by atoms with Crippen LogP contribution in [-0.2, 0) is 219 Å². The molecule has 4 fully saturated rings. The first-order valence-electron chi connectivity index (χ1n) is 47.0. The molecule has 4 heterocycles.